The van der Waals surface area contributed by atoms with E-state index in [2.05, 4.69) is 15.5 Å². The lowest BCUT2D eigenvalue weighted by molar-refractivity contribution is 0.102. The molecule has 88 valence electrons. The highest BCUT2D eigenvalue weighted by Gasteiger charge is 2.12. The molecule has 2 aromatic rings. The lowest BCUT2D eigenvalue weighted by Gasteiger charge is -2.06. The first kappa shape index (κ1) is 11.7. The Labute approximate surface area is 106 Å². The number of H-pyrrole nitrogens is 1. The highest BCUT2D eigenvalue weighted by molar-refractivity contribution is 7.73. The molecule has 0 saturated heterocycles. The fraction of sp³-hybridized carbons (Fsp3) is 0.100. The van der Waals surface area contributed by atoms with Crippen LogP contribution in [0.3, 0.4) is 0 Å². The molecule has 2 rings (SSSR count). The molecule has 0 saturated carbocycles. The van der Waals surface area contributed by atoms with Gasteiger partial charge in [0.2, 0.25) is 5.13 Å². The first-order chi connectivity index (χ1) is 8.20. The third kappa shape index (κ3) is 2.69. The summed E-state index contributed by atoms with van der Waals surface area (Å²) in [7, 11) is 1.52. The van der Waals surface area contributed by atoms with Crippen LogP contribution in [0.1, 0.15) is 10.4 Å². The van der Waals surface area contributed by atoms with E-state index in [9.17, 15) is 4.79 Å². The van der Waals surface area contributed by atoms with Crippen LogP contribution in [0.25, 0.3) is 0 Å². The summed E-state index contributed by atoms with van der Waals surface area (Å²) in [4.78, 5) is 11.9. The number of ether oxygens (including phenoxy) is 1. The minimum Gasteiger partial charge on any atom is -0.496 e. The van der Waals surface area contributed by atoms with Gasteiger partial charge in [-0.1, -0.05) is 23.5 Å². The summed E-state index contributed by atoms with van der Waals surface area (Å²) in [6, 6.07) is 6.97. The molecule has 0 fully saturated rings. The molecule has 0 spiro atoms. The van der Waals surface area contributed by atoms with Gasteiger partial charge >= 0.3 is 0 Å². The monoisotopic (exact) mass is 267 g/mol. The number of carbonyl (C=O) groups is 1. The number of anilines is 1. The number of para-hydroxylation sites is 1. The molecular formula is C10H9N3O2S2. The Balaban J connectivity index is 2.22. The minimum absolute atomic E-state index is 0.278. The second-order valence-electron chi connectivity index (χ2n) is 3.07. The molecule has 17 heavy (non-hydrogen) atoms. The maximum Gasteiger partial charge on any atom is 0.261 e. The van der Waals surface area contributed by atoms with E-state index in [1.54, 1.807) is 24.3 Å². The van der Waals surface area contributed by atoms with Crippen LogP contribution in [0.5, 0.6) is 5.75 Å². The van der Waals surface area contributed by atoms with Crippen molar-refractivity contribution in [1.29, 1.82) is 0 Å². The SMILES string of the molecule is COc1ccccc1C(=O)Nc1n[nH]c(=S)s1. The van der Waals surface area contributed by atoms with Crippen molar-refractivity contribution < 1.29 is 9.53 Å². The number of nitrogens with one attached hydrogen (secondary N) is 2. The molecule has 1 aromatic heterocycles. The summed E-state index contributed by atoms with van der Waals surface area (Å²) in [5, 5.41) is 9.53. The molecule has 5 nitrogen and oxygen atoms in total. The maximum atomic E-state index is 11.9. The minimum atomic E-state index is -0.278. The van der Waals surface area contributed by atoms with Crippen LogP contribution in [0.2, 0.25) is 0 Å². The number of carbonyl (C=O) groups excluding carboxylic acids is 1. The van der Waals surface area contributed by atoms with Crippen LogP contribution in [-0.4, -0.2) is 23.2 Å². The van der Waals surface area contributed by atoms with Crippen molar-refractivity contribution in [2.45, 2.75) is 0 Å². The van der Waals surface area contributed by atoms with Gasteiger partial charge in [-0.15, -0.1) is 5.10 Å². The molecule has 1 aromatic carbocycles. The number of rotatable bonds is 3. The highest BCUT2D eigenvalue weighted by atomic mass is 32.1. The van der Waals surface area contributed by atoms with E-state index in [-0.39, 0.29) is 5.91 Å². The summed E-state index contributed by atoms with van der Waals surface area (Å²) in [6.45, 7) is 0. The quantitative estimate of drug-likeness (QED) is 0.838. The molecule has 0 atom stereocenters. The van der Waals surface area contributed by atoms with Crippen molar-refractivity contribution >= 4 is 34.6 Å². The zero-order chi connectivity index (χ0) is 12.3. The van der Waals surface area contributed by atoms with Crippen molar-refractivity contribution in [2.24, 2.45) is 0 Å². The summed E-state index contributed by atoms with van der Waals surface area (Å²) in [5.74, 6) is 0.240. The average molecular weight is 267 g/mol. The maximum absolute atomic E-state index is 11.9. The van der Waals surface area contributed by atoms with Crippen LogP contribution in [0, 0.1) is 3.95 Å². The summed E-state index contributed by atoms with van der Waals surface area (Å²) in [6.07, 6.45) is 0. The highest BCUT2D eigenvalue weighted by Crippen LogP contribution is 2.19. The fourth-order valence-corrected chi connectivity index (χ4v) is 2.06. The van der Waals surface area contributed by atoms with Crippen molar-refractivity contribution in [3.63, 3.8) is 0 Å². The van der Waals surface area contributed by atoms with E-state index in [1.807, 2.05) is 0 Å². The molecule has 0 aliphatic heterocycles. The molecule has 2 N–H and O–H groups in total. The summed E-state index contributed by atoms with van der Waals surface area (Å²) < 4.78 is 5.62. The van der Waals surface area contributed by atoms with Gasteiger partial charge in [-0.05, 0) is 24.4 Å². The van der Waals surface area contributed by atoms with Crippen molar-refractivity contribution in [3.05, 3.63) is 33.8 Å². The smallest absolute Gasteiger partial charge is 0.261 e. The van der Waals surface area contributed by atoms with Crippen molar-refractivity contribution in [3.8, 4) is 5.75 Å². The standard InChI is InChI=1S/C10H9N3O2S2/c1-15-7-5-3-2-4-6(7)8(14)11-9-12-13-10(16)17-9/h2-5H,1H3,(H,13,16)(H,11,12,14). The Morgan fingerprint density at radius 1 is 1.53 bits per heavy atom. The molecule has 0 aliphatic rings. The Morgan fingerprint density at radius 3 is 2.94 bits per heavy atom. The Hall–Kier alpha value is -1.73. The van der Waals surface area contributed by atoms with Gasteiger partial charge in [-0.2, -0.15) is 0 Å². The predicted octanol–water partition coefficient (Wildman–Crippen LogP) is 2.46. The molecule has 1 amide bonds. The number of methoxy groups -OCH3 is 1. The lowest BCUT2D eigenvalue weighted by atomic mass is 10.2. The van der Waals surface area contributed by atoms with Gasteiger partial charge in [-0.25, -0.2) is 0 Å². The molecule has 0 radical (unpaired) electrons. The average Bonchev–Trinajstić information content (AvgIpc) is 2.74. The molecule has 7 heteroatoms. The Morgan fingerprint density at radius 2 is 2.29 bits per heavy atom. The number of aromatic amines is 1. The van der Waals surface area contributed by atoms with Crippen molar-refractivity contribution in [2.75, 3.05) is 12.4 Å². The van der Waals surface area contributed by atoms with Crippen LogP contribution in [0.15, 0.2) is 24.3 Å². The topological polar surface area (TPSA) is 67.0 Å². The number of benzene rings is 1. The van der Waals surface area contributed by atoms with Crippen LogP contribution >= 0.6 is 23.6 Å². The Bertz CT molecular complexity index is 591. The lowest BCUT2D eigenvalue weighted by Crippen LogP contribution is -2.12. The van der Waals surface area contributed by atoms with E-state index >= 15 is 0 Å². The third-order valence-electron chi connectivity index (χ3n) is 2.01. The fourth-order valence-electron chi connectivity index (χ4n) is 1.28. The van der Waals surface area contributed by atoms with Gasteiger partial charge in [0.15, 0.2) is 3.95 Å². The number of nitrogens with zero attached hydrogens (tertiary/aromatic N) is 1. The molecular weight excluding hydrogens is 258 g/mol. The number of amides is 1. The summed E-state index contributed by atoms with van der Waals surface area (Å²) in [5.41, 5.74) is 0.455. The van der Waals surface area contributed by atoms with Crippen LogP contribution < -0.4 is 10.1 Å². The Kier molecular flexibility index (Phi) is 3.50. The number of hydrogen-bond acceptors (Lipinski definition) is 5. The van der Waals surface area contributed by atoms with Crippen molar-refractivity contribution in [1.82, 2.24) is 10.2 Å². The normalized spacial score (nSPS) is 9.94. The van der Waals surface area contributed by atoms with E-state index in [0.717, 1.165) is 0 Å². The van der Waals surface area contributed by atoms with E-state index < -0.39 is 0 Å². The number of hydrogen-bond donors (Lipinski definition) is 2. The first-order valence-electron chi connectivity index (χ1n) is 4.70. The third-order valence-corrected chi connectivity index (χ3v) is 3.01. The van der Waals surface area contributed by atoms with Crippen LogP contribution in [0.4, 0.5) is 5.13 Å². The summed E-state index contributed by atoms with van der Waals surface area (Å²) >= 11 is 6.08. The molecule has 1 heterocycles. The largest absolute Gasteiger partial charge is 0.496 e. The molecule has 0 unspecified atom stereocenters. The molecule has 0 aliphatic carbocycles. The zero-order valence-corrected chi connectivity index (χ0v) is 10.5. The second-order valence-corrected chi connectivity index (χ2v) is 4.74. The van der Waals surface area contributed by atoms with E-state index in [4.69, 9.17) is 17.0 Å². The van der Waals surface area contributed by atoms with E-state index in [0.29, 0.717) is 20.4 Å². The second kappa shape index (κ2) is 5.07. The first-order valence-corrected chi connectivity index (χ1v) is 5.93. The van der Waals surface area contributed by atoms with Gasteiger partial charge in [0.1, 0.15) is 5.75 Å². The van der Waals surface area contributed by atoms with Gasteiger partial charge in [0.25, 0.3) is 5.91 Å². The van der Waals surface area contributed by atoms with E-state index in [1.165, 1.54) is 18.4 Å². The molecule has 0 bridgehead atoms. The van der Waals surface area contributed by atoms with Gasteiger partial charge in [0.05, 0.1) is 12.7 Å². The van der Waals surface area contributed by atoms with Gasteiger partial charge in [0, 0.05) is 0 Å². The van der Waals surface area contributed by atoms with Gasteiger partial charge in [-0.3, -0.25) is 15.2 Å². The van der Waals surface area contributed by atoms with Gasteiger partial charge < -0.3 is 4.74 Å². The number of aromatic nitrogens is 2. The predicted molar refractivity (Wildman–Crippen MR) is 68.2 cm³/mol. The zero-order valence-electron chi connectivity index (χ0n) is 8.89. The van der Waals surface area contributed by atoms with Crippen LogP contribution in [-0.2, 0) is 0 Å².